The Bertz CT molecular complexity index is 2750. The first-order chi connectivity index (χ1) is 26.8. The first kappa shape index (κ1) is 33.0. The average Bonchev–Trinajstić information content (AvgIpc) is 3.58. The molecule has 1 N–H and O–H groups in total. The second-order valence-corrected chi connectivity index (χ2v) is 14.8. The third kappa shape index (κ3) is 6.95. The molecule has 6 aromatic carbocycles. The van der Waals surface area contributed by atoms with Gasteiger partial charge in [-0.25, -0.2) is 4.98 Å². The number of aromatic nitrogens is 3. The first-order valence-corrected chi connectivity index (χ1v) is 17.9. The number of phenols is 1. The zero-order valence-electron chi connectivity index (χ0n) is 33.9. The van der Waals surface area contributed by atoms with Gasteiger partial charge in [0.25, 0.3) is 0 Å². The van der Waals surface area contributed by atoms with Gasteiger partial charge >= 0.3 is 0 Å². The van der Waals surface area contributed by atoms with Crippen molar-refractivity contribution in [3.8, 4) is 67.5 Å². The van der Waals surface area contributed by atoms with Gasteiger partial charge in [0.05, 0.1) is 22.3 Å². The van der Waals surface area contributed by atoms with Crippen molar-refractivity contribution in [2.75, 3.05) is 0 Å². The van der Waals surface area contributed by atoms with Crippen molar-refractivity contribution in [1.82, 2.24) is 14.5 Å². The third-order valence-corrected chi connectivity index (χ3v) is 9.88. The Labute approximate surface area is 336 Å². The van der Waals surface area contributed by atoms with E-state index in [0.29, 0.717) is 33.7 Å². The number of benzene rings is 6. The van der Waals surface area contributed by atoms with Gasteiger partial charge in [-0.15, -0.1) is 29.3 Å². The smallest absolute Gasteiger partial charge is 0.148 e. The summed E-state index contributed by atoms with van der Waals surface area (Å²) in [4.78, 5) is 10.1. The van der Waals surface area contributed by atoms with E-state index in [-0.39, 0.29) is 37.8 Å². The number of para-hydroxylation sites is 1. The molecular weight excluding hydrogens is 842 g/mol. The standard InChI is InChI=1S/C49H42N3O.Pt/c1-31-24-33(3)47(53)42(25-31)48-51-46-41(18-13-19-45(46)52(48)44-21-20-36(26-32(44)2)34-14-9-7-10-15-34)38-27-39(29-40(28-38)49(4,5)6)43-30-37(22-23-50-43)35-16-11-8-12-17-35;/h7-26,28-30,53H,1-6H3;/q-1;/i2D3;. The van der Waals surface area contributed by atoms with Gasteiger partial charge in [0.15, 0.2) is 0 Å². The number of pyridine rings is 1. The van der Waals surface area contributed by atoms with Crippen molar-refractivity contribution < 1.29 is 30.3 Å². The van der Waals surface area contributed by atoms with Crippen molar-refractivity contribution in [2.24, 2.45) is 0 Å². The molecule has 0 saturated carbocycles. The van der Waals surface area contributed by atoms with Gasteiger partial charge in [-0.1, -0.05) is 123 Å². The van der Waals surface area contributed by atoms with Gasteiger partial charge in [0, 0.05) is 37.1 Å². The molecule has 0 spiro atoms. The van der Waals surface area contributed by atoms with Crippen LogP contribution in [0.5, 0.6) is 5.75 Å². The Morgan fingerprint density at radius 2 is 1.35 bits per heavy atom. The van der Waals surface area contributed by atoms with Crippen molar-refractivity contribution in [1.29, 1.82) is 0 Å². The molecule has 270 valence electrons. The molecule has 4 nitrogen and oxygen atoms in total. The van der Waals surface area contributed by atoms with E-state index >= 15 is 0 Å². The molecule has 0 unspecified atom stereocenters. The maximum atomic E-state index is 11.6. The minimum atomic E-state index is -2.46. The fraction of sp³-hybridized carbons (Fsp3) is 0.143. The van der Waals surface area contributed by atoms with Crippen LogP contribution < -0.4 is 0 Å². The molecule has 0 fully saturated rings. The monoisotopic (exact) mass is 886 g/mol. The molecule has 0 aliphatic carbocycles. The van der Waals surface area contributed by atoms with Crippen molar-refractivity contribution in [3.63, 3.8) is 0 Å². The van der Waals surface area contributed by atoms with Crippen LogP contribution in [-0.4, -0.2) is 19.6 Å². The summed E-state index contributed by atoms with van der Waals surface area (Å²) in [5.41, 5.74) is 12.3. The number of imidazole rings is 1. The molecule has 8 rings (SSSR count). The van der Waals surface area contributed by atoms with Crippen LogP contribution in [0.1, 0.15) is 47.1 Å². The molecule has 0 aliphatic rings. The summed E-state index contributed by atoms with van der Waals surface area (Å²) in [5, 5.41) is 11.6. The number of nitrogens with zero attached hydrogens (tertiary/aromatic N) is 3. The fourth-order valence-corrected chi connectivity index (χ4v) is 7.09. The summed E-state index contributed by atoms with van der Waals surface area (Å²) >= 11 is 0. The molecule has 0 saturated heterocycles. The zero-order chi connectivity index (χ0) is 39.4. The molecule has 0 amide bonds. The van der Waals surface area contributed by atoms with Crippen LogP contribution in [0, 0.1) is 26.8 Å². The molecular formula is C49H42N3OPt-. The Hall–Kier alpha value is -5.57. The molecule has 0 radical (unpaired) electrons. The number of phenolic OH excluding ortho intramolecular Hbond substituents is 1. The van der Waals surface area contributed by atoms with Gasteiger partial charge in [0.2, 0.25) is 0 Å². The maximum absolute atomic E-state index is 11.6. The summed E-state index contributed by atoms with van der Waals surface area (Å²) in [6, 6.07) is 47.5. The van der Waals surface area contributed by atoms with Gasteiger partial charge < -0.3 is 5.11 Å². The normalized spacial score (nSPS) is 12.5. The van der Waals surface area contributed by atoms with Crippen LogP contribution in [0.4, 0.5) is 0 Å². The zero-order valence-corrected chi connectivity index (χ0v) is 33.2. The Morgan fingerprint density at radius 3 is 2.04 bits per heavy atom. The molecule has 2 heterocycles. The topological polar surface area (TPSA) is 50.9 Å². The number of rotatable bonds is 6. The summed E-state index contributed by atoms with van der Waals surface area (Å²) < 4.78 is 28.1. The Balaban J connectivity index is 0.00000496. The molecule has 2 aromatic heterocycles. The third-order valence-electron chi connectivity index (χ3n) is 9.88. The largest absolute Gasteiger partial charge is 0.507 e. The van der Waals surface area contributed by atoms with Gasteiger partial charge in [-0.3, -0.25) is 9.55 Å². The maximum Gasteiger partial charge on any atom is 0.148 e. The molecule has 8 aromatic rings. The van der Waals surface area contributed by atoms with Crippen molar-refractivity contribution in [2.45, 2.75) is 46.9 Å². The quantitative estimate of drug-likeness (QED) is 0.169. The van der Waals surface area contributed by atoms with Crippen LogP contribution in [0.25, 0.3) is 72.7 Å². The number of aromatic hydroxyl groups is 1. The first-order valence-electron chi connectivity index (χ1n) is 19.4. The van der Waals surface area contributed by atoms with E-state index in [4.69, 9.17) is 14.1 Å². The van der Waals surface area contributed by atoms with Crippen LogP contribution in [0.2, 0.25) is 0 Å². The van der Waals surface area contributed by atoms with Gasteiger partial charge in [-0.05, 0) is 95.4 Å². The second kappa shape index (κ2) is 14.7. The SMILES string of the molecule is [2H]C([2H])([2H])c1cc(-c2ccccc2)ccc1-n1c(-c2cc(C)cc(C)c2O)nc2c(-c3[c-]c(-c4cc(-c5ccccc5)ccn4)cc(C(C)(C)C)c3)cccc21.[Pt]. The van der Waals surface area contributed by atoms with Gasteiger partial charge in [0.1, 0.15) is 11.6 Å². The summed E-state index contributed by atoms with van der Waals surface area (Å²) in [5.74, 6) is 0.539. The van der Waals surface area contributed by atoms with E-state index in [1.807, 2.05) is 122 Å². The van der Waals surface area contributed by atoms with Crippen LogP contribution in [0.15, 0.2) is 140 Å². The molecule has 54 heavy (non-hydrogen) atoms. The minimum Gasteiger partial charge on any atom is -0.507 e. The van der Waals surface area contributed by atoms with E-state index < -0.39 is 6.85 Å². The summed E-state index contributed by atoms with van der Waals surface area (Å²) in [7, 11) is 0. The Morgan fingerprint density at radius 1 is 0.667 bits per heavy atom. The van der Waals surface area contributed by atoms with E-state index in [1.54, 1.807) is 6.07 Å². The van der Waals surface area contributed by atoms with Crippen LogP contribution in [-0.2, 0) is 26.5 Å². The van der Waals surface area contributed by atoms with Crippen molar-refractivity contribution in [3.05, 3.63) is 168 Å². The predicted molar refractivity (Wildman–Crippen MR) is 219 cm³/mol. The minimum absolute atomic E-state index is 0. The van der Waals surface area contributed by atoms with E-state index in [9.17, 15) is 5.11 Å². The average molecular weight is 887 g/mol. The fourth-order valence-electron chi connectivity index (χ4n) is 7.09. The van der Waals surface area contributed by atoms with Gasteiger partial charge in [-0.2, -0.15) is 0 Å². The Kier molecular flexibility index (Phi) is 8.98. The number of aryl methyl sites for hydroxylation is 3. The van der Waals surface area contributed by atoms with E-state index in [2.05, 4.69) is 57.2 Å². The predicted octanol–water partition coefficient (Wildman–Crippen LogP) is 12.5. The number of fused-ring (bicyclic) bond motifs is 1. The van der Waals surface area contributed by atoms with E-state index in [0.717, 1.165) is 55.8 Å². The summed E-state index contributed by atoms with van der Waals surface area (Å²) in [6.07, 6.45) is 1.84. The molecule has 0 aliphatic heterocycles. The number of hydrogen-bond donors (Lipinski definition) is 1. The van der Waals surface area contributed by atoms with Crippen LogP contribution >= 0.6 is 0 Å². The number of hydrogen-bond acceptors (Lipinski definition) is 3. The second-order valence-electron chi connectivity index (χ2n) is 14.8. The molecule has 0 bridgehead atoms. The molecule has 5 heteroatoms. The molecule has 0 atom stereocenters. The van der Waals surface area contributed by atoms with Crippen molar-refractivity contribution >= 4 is 11.0 Å². The van der Waals surface area contributed by atoms with Crippen LogP contribution in [0.3, 0.4) is 0 Å². The van der Waals surface area contributed by atoms with E-state index in [1.165, 1.54) is 0 Å². The summed E-state index contributed by atoms with van der Waals surface area (Å²) in [6.45, 7) is 7.95.